The SMILES string of the molecule is COC(=O)C[C@H](N)c1ccc(-c2ccc(OCc3ccccc3)c3ccccc23)cc1.Cl. The Morgan fingerprint density at radius 3 is 2.19 bits per heavy atom. The van der Waals surface area contributed by atoms with E-state index >= 15 is 0 Å². The van der Waals surface area contributed by atoms with Gasteiger partial charge in [0.05, 0.1) is 13.5 Å². The predicted octanol–water partition coefficient (Wildman–Crippen LogP) is 6.07. The molecule has 5 heteroatoms. The first-order chi connectivity index (χ1) is 15.2. The first-order valence-corrected chi connectivity index (χ1v) is 10.3. The van der Waals surface area contributed by atoms with E-state index in [1.165, 1.54) is 7.11 Å². The fourth-order valence-corrected chi connectivity index (χ4v) is 3.67. The Labute approximate surface area is 194 Å². The molecule has 4 rings (SSSR count). The van der Waals surface area contributed by atoms with Crippen LogP contribution in [-0.4, -0.2) is 13.1 Å². The Hall–Kier alpha value is -3.34. The van der Waals surface area contributed by atoms with Crippen molar-refractivity contribution >= 4 is 29.1 Å². The minimum atomic E-state index is -0.382. The van der Waals surface area contributed by atoms with Crippen molar-refractivity contribution < 1.29 is 14.3 Å². The van der Waals surface area contributed by atoms with Crippen molar-refractivity contribution in [3.63, 3.8) is 0 Å². The summed E-state index contributed by atoms with van der Waals surface area (Å²) in [7, 11) is 1.37. The van der Waals surface area contributed by atoms with Gasteiger partial charge in [-0.3, -0.25) is 4.79 Å². The fourth-order valence-electron chi connectivity index (χ4n) is 3.67. The molecule has 4 aromatic carbocycles. The minimum absolute atomic E-state index is 0. The maximum Gasteiger partial charge on any atom is 0.307 e. The van der Waals surface area contributed by atoms with Gasteiger partial charge in [-0.25, -0.2) is 0 Å². The molecule has 0 fully saturated rings. The highest BCUT2D eigenvalue weighted by atomic mass is 35.5. The number of carbonyl (C=O) groups is 1. The smallest absolute Gasteiger partial charge is 0.307 e. The standard InChI is InChI=1S/C27H25NO3.ClH/c1-30-27(29)17-25(28)21-13-11-20(12-14-21)22-15-16-26(24-10-6-5-9-23(22)24)31-18-19-7-3-2-4-8-19;/h2-16,25H,17-18,28H2,1H3;1H/t25-;/m0./s1. The van der Waals surface area contributed by atoms with E-state index in [9.17, 15) is 4.79 Å². The first-order valence-electron chi connectivity index (χ1n) is 10.3. The second-order valence-corrected chi connectivity index (χ2v) is 7.44. The van der Waals surface area contributed by atoms with Gasteiger partial charge in [0.25, 0.3) is 0 Å². The lowest BCUT2D eigenvalue weighted by atomic mass is 9.95. The quantitative estimate of drug-likeness (QED) is 0.349. The van der Waals surface area contributed by atoms with E-state index in [0.29, 0.717) is 6.61 Å². The molecule has 0 radical (unpaired) electrons. The Morgan fingerprint density at radius 1 is 0.844 bits per heavy atom. The van der Waals surface area contributed by atoms with Crippen LogP contribution in [-0.2, 0) is 16.1 Å². The van der Waals surface area contributed by atoms with Crippen LogP contribution in [0.15, 0.2) is 91.0 Å². The fraction of sp³-hybridized carbons (Fsp3) is 0.148. The second kappa shape index (κ2) is 10.8. The lowest BCUT2D eigenvalue weighted by Crippen LogP contribution is -2.16. The van der Waals surface area contributed by atoms with Crippen LogP contribution in [0.2, 0.25) is 0 Å². The third-order valence-electron chi connectivity index (χ3n) is 5.39. The lowest BCUT2D eigenvalue weighted by Gasteiger charge is -2.14. The van der Waals surface area contributed by atoms with Gasteiger partial charge in [0.2, 0.25) is 0 Å². The number of esters is 1. The molecule has 0 heterocycles. The van der Waals surface area contributed by atoms with Crippen LogP contribution in [0.3, 0.4) is 0 Å². The van der Waals surface area contributed by atoms with Crippen molar-refractivity contribution in [2.75, 3.05) is 7.11 Å². The van der Waals surface area contributed by atoms with Crippen molar-refractivity contribution in [3.05, 3.63) is 102 Å². The monoisotopic (exact) mass is 447 g/mol. The van der Waals surface area contributed by atoms with Gasteiger partial charge in [-0.15, -0.1) is 12.4 Å². The summed E-state index contributed by atoms with van der Waals surface area (Å²) in [5, 5.41) is 2.20. The van der Waals surface area contributed by atoms with Gasteiger partial charge in [-0.2, -0.15) is 0 Å². The number of hydrogen-bond acceptors (Lipinski definition) is 4. The summed E-state index contributed by atoms with van der Waals surface area (Å²) < 4.78 is 10.8. The molecule has 0 unspecified atom stereocenters. The Kier molecular flexibility index (Phi) is 7.87. The molecule has 0 aliphatic rings. The molecule has 4 nitrogen and oxygen atoms in total. The summed E-state index contributed by atoms with van der Waals surface area (Å²) in [4.78, 5) is 11.5. The van der Waals surface area contributed by atoms with Crippen molar-refractivity contribution in [1.29, 1.82) is 0 Å². The third kappa shape index (κ3) is 5.28. The topological polar surface area (TPSA) is 61.5 Å². The summed E-state index contributed by atoms with van der Waals surface area (Å²) in [5.41, 5.74) is 10.4. The van der Waals surface area contributed by atoms with Gasteiger partial charge < -0.3 is 15.2 Å². The van der Waals surface area contributed by atoms with Crippen molar-refractivity contribution in [1.82, 2.24) is 0 Å². The van der Waals surface area contributed by atoms with E-state index in [-0.39, 0.29) is 30.8 Å². The zero-order valence-corrected chi connectivity index (χ0v) is 18.7. The van der Waals surface area contributed by atoms with Gasteiger partial charge in [0, 0.05) is 11.4 Å². The van der Waals surface area contributed by atoms with Crippen LogP contribution in [0.1, 0.15) is 23.6 Å². The van der Waals surface area contributed by atoms with E-state index in [4.69, 9.17) is 15.2 Å². The number of carbonyl (C=O) groups excluding carboxylic acids is 1. The molecule has 0 amide bonds. The van der Waals surface area contributed by atoms with Crippen molar-refractivity contribution in [2.45, 2.75) is 19.1 Å². The predicted molar refractivity (Wildman–Crippen MR) is 131 cm³/mol. The molecular formula is C27H26ClNO3. The number of benzene rings is 4. The van der Waals surface area contributed by atoms with Crippen molar-refractivity contribution in [2.24, 2.45) is 5.73 Å². The number of ether oxygens (including phenoxy) is 2. The van der Waals surface area contributed by atoms with E-state index < -0.39 is 0 Å². The number of fused-ring (bicyclic) bond motifs is 1. The molecule has 2 N–H and O–H groups in total. The minimum Gasteiger partial charge on any atom is -0.488 e. The molecule has 0 saturated heterocycles. The molecule has 32 heavy (non-hydrogen) atoms. The van der Waals surface area contributed by atoms with E-state index in [2.05, 4.69) is 30.3 Å². The highest BCUT2D eigenvalue weighted by Gasteiger charge is 2.13. The number of methoxy groups -OCH3 is 1. The Morgan fingerprint density at radius 2 is 1.50 bits per heavy atom. The van der Waals surface area contributed by atoms with Gasteiger partial charge >= 0.3 is 5.97 Å². The van der Waals surface area contributed by atoms with E-state index in [0.717, 1.165) is 38.8 Å². The first kappa shape index (κ1) is 23.3. The Balaban J connectivity index is 0.00000289. The van der Waals surface area contributed by atoms with Gasteiger partial charge in [-0.1, -0.05) is 84.9 Å². The number of rotatable bonds is 7. The summed E-state index contributed by atoms with van der Waals surface area (Å²) in [5.74, 6) is 0.550. The van der Waals surface area contributed by atoms with Crippen LogP contribution in [0.4, 0.5) is 0 Å². The number of nitrogens with two attached hydrogens (primary N) is 1. The lowest BCUT2D eigenvalue weighted by molar-refractivity contribution is -0.141. The molecule has 0 aliphatic heterocycles. The molecule has 4 aromatic rings. The molecule has 1 atom stereocenters. The maximum absolute atomic E-state index is 11.5. The molecule has 164 valence electrons. The van der Waals surface area contributed by atoms with Gasteiger partial charge in [0.15, 0.2) is 0 Å². The van der Waals surface area contributed by atoms with Crippen LogP contribution in [0.5, 0.6) is 5.75 Å². The average molecular weight is 448 g/mol. The molecule has 0 aromatic heterocycles. The largest absolute Gasteiger partial charge is 0.488 e. The molecular weight excluding hydrogens is 422 g/mol. The summed E-state index contributed by atoms with van der Waals surface area (Å²) in [6.45, 7) is 0.525. The summed E-state index contributed by atoms with van der Waals surface area (Å²) in [6, 6.07) is 30.2. The van der Waals surface area contributed by atoms with E-state index in [1.54, 1.807) is 0 Å². The average Bonchev–Trinajstić information content (AvgIpc) is 2.83. The van der Waals surface area contributed by atoms with Crippen molar-refractivity contribution in [3.8, 4) is 16.9 Å². The second-order valence-electron chi connectivity index (χ2n) is 7.44. The zero-order valence-electron chi connectivity index (χ0n) is 17.9. The van der Waals surface area contributed by atoms with Crippen LogP contribution in [0.25, 0.3) is 21.9 Å². The highest BCUT2D eigenvalue weighted by molar-refractivity contribution is 6.00. The number of hydrogen-bond donors (Lipinski definition) is 1. The van der Waals surface area contributed by atoms with Crippen LogP contribution in [0, 0.1) is 0 Å². The normalized spacial score (nSPS) is 11.4. The Bertz CT molecular complexity index is 1180. The maximum atomic E-state index is 11.5. The summed E-state index contributed by atoms with van der Waals surface area (Å²) >= 11 is 0. The molecule has 0 saturated carbocycles. The molecule has 0 bridgehead atoms. The summed E-state index contributed by atoms with van der Waals surface area (Å²) in [6.07, 6.45) is 0.159. The molecule has 0 spiro atoms. The molecule has 0 aliphatic carbocycles. The van der Waals surface area contributed by atoms with Gasteiger partial charge in [0.1, 0.15) is 12.4 Å². The zero-order chi connectivity index (χ0) is 21.6. The van der Waals surface area contributed by atoms with Crippen LogP contribution < -0.4 is 10.5 Å². The van der Waals surface area contributed by atoms with Crippen LogP contribution >= 0.6 is 12.4 Å². The van der Waals surface area contributed by atoms with E-state index in [1.807, 2.05) is 60.7 Å². The highest BCUT2D eigenvalue weighted by Crippen LogP contribution is 2.35. The number of halogens is 1. The third-order valence-corrected chi connectivity index (χ3v) is 5.39. The van der Waals surface area contributed by atoms with Gasteiger partial charge in [-0.05, 0) is 33.7 Å².